The van der Waals surface area contributed by atoms with Crippen LogP contribution >= 0.6 is 0 Å². The quantitative estimate of drug-likeness (QED) is 0.433. The second-order valence-corrected chi connectivity index (χ2v) is 6.20. The number of aromatic nitrogens is 4. The summed E-state index contributed by atoms with van der Waals surface area (Å²) in [6, 6.07) is -0.797. The van der Waals surface area contributed by atoms with E-state index in [4.69, 9.17) is 10.5 Å². The van der Waals surface area contributed by atoms with Gasteiger partial charge in [0.2, 0.25) is 11.9 Å². The highest BCUT2D eigenvalue weighted by molar-refractivity contribution is 5.91. The predicted molar refractivity (Wildman–Crippen MR) is 86.6 cm³/mol. The van der Waals surface area contributed by atoms with Crippen molar-refractivity contribution in [3.8, 4) is 0 Å². The number of ether oxygens (including phenoxy) is 1. The molecule has 11 heteroatoms. The first-order valence-corrected chi connectivity index (χ1v) is 7.81. The SMILES string of the molecule is CC(C)C(=O)Nc1nc2c(ncn2[C@@H]2O[C@H](CO)[C@@H](N)[C@H]2O)c(=O)[nH]1. The molecular weight excluding hydrogens is 332 g/mol. The highest BCUT2D eigenvalue weighted by atomic mass is 16.5. The van der Waals surface area contributed by atoms with Crippen molar-refractivity contribution in [2.45, 2.75) is 38.3 Å². The number of fused-ring (bicyclic) bond motifs is 1. The summed E-state index contributed by atoms with van der Waals surface area (Å²) < 4.78 is 6.90. The van der Waals surface area contributed by atoms with Gasteiger partial charge in [0, 0.05) is 5.92 Å². The number of amides is 1. The van der Waals surface area contributed by atoms with Gasteiger partial charge in [-0.3, -0.25) is 24.5 Å². The number of nitrogens with one attached hydrogen (secondary N) is 2. The van der Waals surface area contributed by atoms with E-state index in [1.807, 2.05) is 0 Å². The number of H-pyrrole nitrogens is 1. The van der Waals surface area contributed by atoms with Gasteiger partial charge in [-0.1, -0.05) is 13.8 Å². The number of hydrogen-bond acceptors (Lipinski definition) is 8. The fourth-order valence-electron chi connectivity index (χ4n) is 2.59. The van der Waals surface area contributed by atoms with Gasteiger partial charge in [0.25, 0.3) is 5.56 Å². The third kappa shape index (κ3) is 3.02. The van der Waals surface area contributed by atoms with Crippen molar-refractivity contribution in [3.05, 3.63) is 16.7 Å². The summed E-state index contributed by atoms with van der Waals surface area (Å²) in [4.78, 5) is 34.6. The van der Waals surface area contributed by atoms with Crippen molar-refractivity contribution >= 4 is 23.0 Å². The van der Waals surface area contributed by atoms with Crippen LogP contribution in [0.2, 0.25) is 0 Å². The molecule has 4 atom stereocenters. The zero-order valence-electron chi connectivity index (χ0n) is 13.7. The minimum absolute atomic E-state index is 0.0272. The molecule has 3 heterocycles. The molecule has 1 saturated heterocycles. The largest absolute Gasteiger partial charge is 0.394 e. The van der Waals surface area contributed by atoms with E-state index in [0.29, 0.717) is 0 Å². The number of imidazole rings is 1. The summed E-state index contributed by atoms with van der Waals surface area (Å²) in [7, 11) is 0. The molecule has 2 aromatic heterocycles. The Hall–Kier alpha value is -2.34. The second kappa shape index (κ2) is 6.52. The maximum atomic E-state index is 12.2. The van der Waals surface area contributed by atoms with Gasteiger partial charge >= 0.3 is 0 Å². The molecule has 1 aliphatic rings. The van der Waals surface area contributed by atoms with Crippen molar-refractivity contribution in [1.29, 1.82) is 0 Å². The number of aliphatic hydroxyl groups excluding tert-OH is 2. The van der Waals surface area contributed by atoms with Gasteiger partial charge in [-0.2, -0.15) is 4.98 Å². The highest BCUT2D eigenvalue weighted by Crippen LogP contribution is 2.29. The van der Waals surface area contributed by atoms with Gasteiger partial charge in [-0.05, 0) is 0 Å². The molecule has 1 amide bonds. The minimum Gasteiger partial charge on any atom is -0.394 e. The molecule has 1 fully saturated rings. The lowest BCUT2D eigenvalue weighted by Crippen LogP contribution is -2.41. The molecule has 3 rings (SSSR count). The normalized spacial score (nSPS) is 26.5. The molecule has 0 saturated carbocycles. The average molecular weight is 352 g/mol. The summed E-state index contributed by atoms with van der Waals surface area (Å²) in [6.07, 6.45) is -1.54. The Balaban J connectivity index is 2.01. The van der Waals surface area contributed by atoms with Crippen LogP contribution in [0.3, 0.4) is 0 Å². The molecule has 6 N–H and O–H groups in total. The molecule has 0 spiro atoms. The molecule has 1 aliphatic heterocycles. The lowest BCUT2D eigenvalue weighted by atomic mass is 10.1. The lowest BCUT2D eigenvalue weighted by molar-refractivity contribution is -0.118. The van der Waals surface area contributed by atoms with Crippen LogP contribution in [-0.2, 0) is 9.53 Å². The van der Waals surface area contributed by atoms with E-state index in [9.17, 15) is 19.8 Å². The highest BCUT2D eigenvalue weighted by Gasteiger charge is 2.42. The fourth-order valence-corrected chi connectivity index (χ4v) is 2.59. The molecule has 25 heavy (non-hydrogen) atoms. The number of nitrogens with zero attached hydrogens (tertiary/aromatic N) is 3. The maximum absolute atomic E-state index is 12.2. The van der Waals surface area contributed by atoms with Gasteiger partial charge in [0.15, 0.2) is 17.4 Å². The second-order valence-electron chi connectivity index (χ2n) is 6.20. The number of carbonyl (C=O) groups is 1. The predicted octanol–water partition coefficient (Wildman–Crippen LogP) is -1.71. The Labute approximate surface area is 141 Å². The Morgan fingerprint density at radius 3 is 2.88 bits per heavy atom. The summed E-state index contributed by atoms with van der Waals surface area (Å²) in [6.45, 7) is 3.05. The monoisotopic (exact) mass is 352 g/mol. The maximum Gasteiger partial charge on any atom is 0.280 e. The van der Waals surface area contributed by atoms with Crippen LogP contribution in [0.25, 0.3) is 11.2 Å². The molecule has 0 unspecified atom stereocenters. The van der Waals surface area contributed by atoms with Gasteiger partial charge in [-0.25, -0.2) is 4.98 Å². The minimum atomic E-state index is -1.12. The van der Waals surface area contributed by atoms with Crippen molar-refractivity contribution < 1.29 is 19.7 Å². The third-order valence-corrected chi connectivity index (χ3v) is 4.08. The summed E-state index contributed by atoms with van der Waals surface area (Å²) >= 11 is 0. The van der Waals surface area contributed by atoms with Crippen LogP contribution < -0.4 is 16.6 Å². The Kier molecular flexibility index (Phi) is 4.56. The number of aromatic amines is 1. The first-order chi connectivity index (χ1) is 11.8. The summed E-state index contributed by atoms with van der Waals surface area (Å²) in [5.74, 6) is -0.643. The van der Waals surface area contributed by atoms with Crippen LogP contribution in [0.5, 0.6) is 0 Å². The zero-order chi connectivity index (χ0) is 18.3. The molecule has 11 nitrogen and oxygen atoms in total. The Morgan fingerprint density at radius 2 is 2.28 bits per heavy atom. The smallest absolute Gasteiger partial charge is 0.280 e. The number of rotatable bonds is 4. The Morgan fingerprint density at radius 1 is 1.56 bits per heavy atom. The van der Waals surface area contributed by atoms with E-state index < -0.39 is 30.0 Å². The van der Waals surface area contributed by atoms with E-state index in [0.717, 1.165) is 0 Å². The van der Waals surface area contributed by atoms with E-state index in [-0.39, 0.29) is 35.5 Å². The number of carbonyl (C=O) groups excluding carboxylic acids is 1. The van der Waals surface area contributed by atoms with E-state index in [2.05, 4.69) is 20.3 Å². The molecule has 136 valence electrons. The van der Waals surface area contributed by atoms with Crippen LogP contribution in [0.4, 0.5) is 5.95 Å². The van der Waals surface area contributed by atoms with Crippen molar-refractivity contribution in [2.24, 2.45) is 11.7 Å². The van der Waals surface area contributed by atoms with Gasteiger partial charge in [-0.15, -0.1) is 0 Å². The average Bonchev–Trinajstić information content (AvgIpc) is 3.10. The van der Waals surface area contributed by atoms with Gasteiger partial charge in [0.1, 0.15) is 12.2 Å². The van der Waals surface area contributed by atoms with E-state index in [1.54, 1.807) is 13.8 Å². The lowest BCUT2D eigenvalue weighted by Gasteiger charge is -2.17. The standard InChI is InChI=1S/C14H20N6O5/c1-5(2)11(23)18-14-17-10-8(12(24)19-14)16-4-20(10)13-9(22)7(15)6(3-21)25-13/h4-7,9,13,21-22H,3,15H2,1-2H3,(H2,17,18,19,23,24)/t6-,7-,9-,13-/m1/s1. The van der Waals surface area contributed by atoms with E-state index >= 15 is 0 Å². The fraction of sp³-hybridized carbons (Fsp3) is 0.571. The third-order valence-electron chi connectivity index (χ3n) is 4.08. The Bertz CT molecular complexity index is 846. The molecule has 0 radical (unpaired) electrons. The molecule has 0 bridgehead atoms. The van der Waals surface area contributed by atoms with Gasteiger partial charge in [0.05, 0.1) is 19.0 Å². The number of hydrogen-bond donors (Lipinski definition) is 5. The van der Waals surface area contributed by atoms with Crippen molar-refractivity contribution in [3.63, 3.8) is 0 Å². The van der Waals surface area contributed by atoms with Crippen molar-refractivity contribution in [2.75, 3.05) is 11.9 Å². The van der Waals surface area contributed by atoms with Crippen molar-refractivity contribution in [1.82, 2.24) is 19.5 Å². The topological polar surface area (TPSA) is 168 Å². The molecule has 0 aliphatic carbocycles. The van der Waals surface area contributed by atoms with Gasteiger partial charge < -0.3 is 20.7 Å². The first kappa shape index (κ1) is 17.5. The molecular formula is C14H20N6O5. The molecule has 0 aromatic carbocycles. The van der Waals surface area contributed by atoms with Crippen LogP contribution in [0, 0.1) is 5.92 Å². The van der Waals surface area contributed by atoms with Crippen LogP contribution in [0.1, 0.15) is 20.1 Å². The number of anilines is 1. The summed E-state index contributed by atoms with van der Waals surface area (Å²) in [5.41, 5.74) is 5.43. The zero-order valence-corrected chi connectivity index (χ0v) is 13.7. The van der Waals surface area contributed by atoms with Crippen LogP contribution in [0.15, 0.2) is 11.1 Å². The summed E-state index contributed by atoms with van der Waals surface area (Å²) in [5, 5.41) is 22.0. The van der Waals surface area contributed by atoms with E-state index in [1.165, 1.54) is 10.9 Å². The number of aliphatic hydroxyl groups is 2. The number of nitrogens with two attached hydrogens (primary N) is 1. The van der Waals surface area contributed by atoms with Crippen LogP contribution in [-0.4, -0.2) is 60.5 Å². The first-order valence-electron chi connectivity index (χ1n) is 7.81. The molecule has 2 aromatic rings.